The summed E-state index contributed by atoms with van der Waals surface area (Å²) in [5.74, 6) is -0.401. The molecule has 25 heavy (non-hydrogen) atoms. The largest absolute Gasteiger partial charge is 0.780 e. The van der Waals surface area contributed by atoms with Crippen LogP contribution in [-0.4, -0.2) is 12.2 Å². The van der Waals surface area contributed by atoms with Crippen LogP contribution in [0.2, 0.25) is 0 Å². The van der Waals surface area contributed by atoms with Gasteiger partial charge in [-0.05, 0) is 17.7 Å². The molecule has 0 saturated carbocycles. The summed E-state index contributed by atoms with van der Waals surface area (Å²) in [6.07, 6.45) is 1.17. The van der Waals surface area contributed by atoms with Crippen molar-refractivity contribution in [3.8, 4) is 28.4 Å². The first-order chi connectivity index (χ1) is 11.8. The number of hydrogen-bond donors (Lipinski definition) is 1. The number of fused-ring (bicyclic) bond motifs is 1. The molecule has 9 heteroatoms. The SMILES string of the molecule is COc1ccc(-c2coc3cc(OP(=O)([O-])[O-])cc(O)c3c2=O)cc1. The highest BCUT2D eigenvalue weighted by molar-refractivity contribution is 7.43. The number of hydrogen-bond acceptors (Lipinski definition) is 8. The lowest BCUT2D eigenvalue weighted by molar-refractivity contribution is -0.333. The molecule has 1 heterocycles. The maximum absolute atomic E-state index is 12.6. The minimum Gasteiger partial charge on any atom is -0.780 e. The van der Waals surface area contributed by atoms with Crippen molar-refractivity contribution in [3.05, 3.63) is 52.9 Å². The van der Waals surface area contributed by atoms with Gasteiger partial charge in [-0.25, -0.2) is 0 Å². The van der Waals surface area contributed by atoms with Crippen LogP contribution in [0, 0.1) is 0 Å². The summed E-state index contributed by atoms with van der Waals surface area (Å²) in [5.41, 5.74) is 0.0887. The number of phenolic OH excluding ortho intramolecular Hbond substituents is 1. The van der Waals surface area contributed by atoms with Gasteiger partial charge in [0.1, 0.15) is 42.3 Å². The smallest absolute Gasteiger partial charge is 0.204 e. The Morgan fingerprint density at radius 2 is 1.80 bits per heavy atom. The Kier molecular flexibility index (Phi) is 4.26. The molecule has 0 fully saturated rings. The van der Waals surface area contributed by atoms with E-state index in [1.54, 1.807) is 24.3 Å². The van der Waals surface area contributed by atoms with Crippen LogP contribution in [0.25, 0.3) is 22.1 Å². The Balaban J connectivity index is 2.14. The second-order valence-electron chi connectivity index (χ2n) is 5.06. The Labute approximate surface area is 141 Å². The molecule has 0 amide bonds. The molecular weight excluding hydrogens is 351 g/mol. The van der Waals surface area contributed by atoms with Crippen molar-refractivity contribution in [2.24, 2.45) is 0 Å². The second-order valence-corrected chi connectivity index (χ2v) is 6.14. The van der Waals surface area contributed by atoms with Gasteiger partial charge in [-0.1, -0.05) is 12.1 Å². The zero-order chi connectivity index (χ0) is 18.2. The van der Waals surface area contributed by atoms with E-state index in [0.29, 0.717) is 11.3 Å². The predicted molar refractivity (Wildman–Crippen MR) is 84.4 cm³/mol. The van der Waals surface area contributed by atoms with Gasteiger partial charge in [0.15, 0.2) is 0 Å². The average Bonchev–Trinajstić information content (AvgIpc) is 2.53. The Hall–Kier alpha value is -2.80. The lowest BCUT2D eigenvalue weighted by Crippen LogP contribution is -2.18. The maximum Gasteiger partial charge on any atom is 0.204 e. The maximum atomic E-state index is 12.6. The monoisotopic (exact) mass is 362 g/mol. The number of phosphoric ester groups is 1. The molecule has 0 spiro atoms. The normalized spacial score (nSPS) is 11.5. The van der Waals surface area contributed by atoms with Gasteiger partial charge in [-0.2, -0.15) is 0 Å². The van der Waals surface area contributed by atoms with E-state index in [4.69, 9.17) is 9.15 Å². The zero-order valence-corrected chi connectivity index (χ0v) is 13.7. The molecule has 0 aliphatic carbocycles. The van der Waals surface area contributed by atoms with E-state index in [1.807, 2.05) is 0 Å². The molecule has 1 aromatic heterocycles. The van der Waals surface area contributed by atoms with Crippen molar-refractivity contribution in [3.63, 3.8) is 0 Å². The number of methoxy groups -OCH3 is 1. The van der Waals surface area contributed by atoms with Crippen molar-refractivity contribution in [2.75, 3.05) is 7.11 Å². The van der Waals surface area contributed by atoms with E-state index < -0.39 is 24.8 Å². The van der Waals surface area contributed by atoms with Gasteiger partial charge in [0.2, 0.25) is 5.43 Å². The molecule has 0 saturated heterocycles. The number of aromatic hydroxyl groups is 1. The molecular formula is C16H11O8P-2. The van der Waals surface area contributed by atoms with Crippen molar-refractivity contribution in [1.82, 2.24) is 0 Å². The Bertz CT molecular complexity index is 1030. The quantitative estimate of drug-likeness (QED) is 0.689. The highest BCUT2D eigenvalue weighted by Crippen LogP contribution is 2.35. The highest BCUT2D eigenvalue weighted by Gasteiger charge is 2.15. The van der Waals surface area contributed by atoms with Gasteiger partial charge in [0.25, 0.3) is 0 Å². The van der Waals surface area contributed by atoms with Crippen LogP contribution in [0.4, 0.5) is 0 Å². The third-order valence-corrected chi connectivity index (χ3v) is 3.88. The fraction of sp³-hybridized carbons (Fsp3) is 0.0625. The second kappa shape index (κ2) is 6.25. The fourth-order valence-electron chi connectivity index (χ4n) is 2.36. The number of phosphoric acid groups is 1. The van der Waals surface area contributed by atoms with E-state index in [9.17, 15) is 24.3 Å². The Morgan fingerprint density at radius 1 is 1.12 bits per heavy atom. The van der Waals surface area contributed by atoms with Crippen LogP contribution >= 0.6 is 7.82 Å². The van der Waals surface area contributed by atoms with Gasteiger partial charge in [0.05, 0.1) is 12.7 Å². The molecule has 0 aliphatic rings. The third-order valence-electron chi connectivity index (χ3n) is 3.45. The molecule has 0 bridgehead atoms. The van der Waals surface area contributed by atoms with Gasteiger partial charge in [0, 0.05) is 12.1 Å². The first-order valence-corrected chi connectivity index (χ1v) is 8.39. The van der Waals surface area contributed by atoms with Crippen LogP contribution in [-0.2, 0) is 4.57 Å². The molecule has 3 rings (SSSR count). The molecule has 3 aromatic rings. The summed E-state index contributed by atoms with van der Waals surface area (Å²) in [5, 5.41) is 9.87. The van der Waals surface area contributed by atoms with Gasteiger partial charge >= 0.3 is 0 Å². The average molecular weight is 362 g/mol. The van der Waals surface area contributed by atoms with Crippen molar-refractivity contribution in [2.45, 2.75) is 0 Å². The topological polar surface area (TPSA) is 132 Å². The first-order valence-electron chi connectivity index (χ1n) is 6.93. The van der Waals surface area contributed by atoms with E-state index in [0.717, 1.165) is 12.1 Å². The van der Waals surface area contributed by atoms with Gasteiger partial charge in [-0.15, -0.1) is 0 Å². The van der Waals surface area contributed by atoms with Crippen LogP contribution in [0.1, 0.15) is 0 Å². The predicted octanol–water partition coefficient (Wildman–Crippen LogP) is 1.38. The molecule has 2 aromatic carbocycles. The van der Waals surface area contributed by atoms with E-state index >= 15 is 0 Å². The number of rotatable bonds is 4. The van der Waals surface area contributed by atoms with Crippen LogP contribution in [0.3, 0.4) is 0 Å². The van der Waals surface area contributed by atoms with E-state index in [-0.39, 0.29) is 16.5 Å². The summed E-state index contributed by atoms with van der Waals surface area (Å²) >= 11 is 0. The highest BCUT2D eigenvalue weighted by atomic mass is 31.2. The molecule has 8 nitrogen and oxygen atoms in total. The molecule has 0 unspecified atom stereocenters. The fourth-order valence-corrected chi connectivity index (χ4v) is 2.72. The number of phenols is 1. The minimum atomic E-state index is -5.31. The number of ether oxygens (including phenoxy) is 1. The van der Waals surface area contributed by atoms with Crippen LogP contribution in [0.5, 0.6) is 17.2 Å². The zero-order valence-electron chi connectivity index (χ0n) is 12.8. The summed E-state index contributed by atoms with van der Waals surface area (Å²) in [6, 6.07) is 8.52. The summed E-state index contributed by atoms with van der Waals surface area (Å²) in [6.45, 7) is 0. The van der Waals surface area contributed by atoms with Crippen LogP contribution < -0.4 is 24.5 Å². The molecule has 130 valence electrons. The lowest BCUT2D eigenvalue weighted by Gasteiger charge is -2.29. The summed E-state index contributed by atoms with van der Waals surface area (Å²) < 4.78 is 25.2. The molecule has 1 N–H and O–H groups in total. The summed E-state index contributed by atoms with van der Waals surface area (Å²) in [4.78, 5) is 34.0. The van der Waals surface area contributed by atoms with E-state index in [2.05, 4.69) is 4.52 Å². The van der Waals surface area contributed by atoms with Crippen LogP contribution in [0.15, 0.2) is 51.9 Å². The summed E-state index contributed by atoms with van der Waals surface area (Å²) in [7, 11) is -3.79. The Morgan fingerprint density at radius 3 is 2.40 bits per heavy atom. The molecule has 0 aliphatic heterocycles. The molecule has 0 radical (unpaired) electrons. The lowest BCUT2D eigenvalue weighted by atomic mass is 10.0. The van der Waals surface area contributed by atoms with Gasteiger partial charge < -0.3 is 33.1 Å². The first kappa shape index (κ1) is 17.0. The van der Waals surface area contributed by atoms with Crippen molar-refractivity contribution < 1.29 is 33.1 Å². The molecule has 0 atom stereocenters. The van der Waals surface area contributed by atoms with Crippen molar-refractivity contribution in [1.29, 1.82) is 0 Å². The standard InChI is InChI=1S/C16H13O8P/c1-22-10-4-2-9(3-5-10)12-8-23-14-7-11(24-25(19,20)21)6-13(17)15(14)16(12)18/h2-8,17H,1H3,(H2,19,20,21)/p-2. The van der Waals surface area contributed by atoms with E-state index in [1.165, 1.54) is 13.4 Å². The third kappa shape index (κ3) is 3.51. The minimum absolute atomic E-state index is 0.120. The van der Waals surface area contributed by atoms with Crippen molar-refractivity contribution >= 4 is 18.8 Å². The van der Waals surface area contributed by atoms with Gasteiger partial charge in [-0.3, -0.25) is 4.79 Å². The number of benzene rings is 2.